The van der Waals surface area contributed by atoms with Gasteiger partial charge in [0.05, 0.1) is 38.7 Å². The fraction of sp³-hybridized carbons (Fsp3) is 0. The SMILES string of the molecule is [2H]c1c([2H])c([2H])c(-c2c([2H])c([2H])c3c(c2[2H])c2c([2H])c([2H])c([2H])c([2H])c2n3-c2cccc(-c3ccc4ccccc4c3)c2-c2nc(-c3ccccc3)nc(-c3ccc4c(c3)oc3ccccc34)n2)c([2H])c1[2H]. The molecule has 5 nitrogen and oxygen atoms in total. The summed E-state index contributed by atoms with van der Waals surface area (Å²) < 4.78 is 116. The van der Waals surface area contributed by atoms with Crippen LogP contribution in [0.4, 0.5) is 0 Å². The van der Waals surface area contributed by atoms with Gasteiger partial charge in [-0.25, -0.2) is 15.0 Å². The van der Waals surface area contributed by atoms with Crippen LogP contribution in [0.15, 0.2) is 210 Å². The first-order valence-corrected chi connectivity index (χ1v) is 19.2. The van der Waals surface area contributed by atoms with Gasteiger partial charge in [0, 0.05) is 32.7 Å². The van der Waals surface area contributed by atoms with Crippen molar-refractivity contribution in [2.45, 2.75) is 0 Å². The van der Waals surface area contributed by atoms with E-state index in [1.54, 1.807) is 12.1 Å². The van der Waals surface area contributed by atoms with Crippen molar-refractivity contribution in [3.63, 3.8) is 0 Å². The van der Waals surface area contributed by atoms with Crippen LogP contribution < -0.4 is 0 Å². The zero-order valence-electron chi connectivity index (χ0n) is 43.4. The van der Waals surface area contributed by atoms with Gasteiger partial charge in [-0.3, -0.25) is 0 Å². The molecule has 5 heteroatoms. The van der Waals surface area contributed by atoms with Gasteiger partial charge in [0.15, 0.2) is 17.5 Å². The molecule has 60 heavy (non-hydrogen) atoms. The molecule has 0 aliphatic carbocycles. The maximum absolute atomic E-state index is 9.82. The van der Waals surface area contributed by atoms with Gasteiger partial charge in [-0.15, -0.1) is 0 Å². The van der Waals surface area contributed by atoms with Crippen LogP contribution in [0.2, 0.25) is 0 Å². The Morgan fingerprint density at radius 3 is 2.03 bits per heavy atom. The van der Waals surface area contributed by atoms with Crippen molar-refractivity contribution < 1.29 is 20.9 Å². The molecule has 12 aromatic rings. The number of benzene rings is 9. The van der Waals surface area contributed by atoms with E-state index < -0.39 is 83.6 Å². The summed E-state index contributed by atoms with van der Waals surface area (Å²) in [6, 6.07) is 34.4. The summed E-state index contributed by atoms with van der Waals surface area (Å²) in [4.78, 5) is 15.4. The van der Waals surface area contributed by atoms with E-state index in [0.717, 1.165) is 27.1 Å². The molecule has 0 aliphatic heterocycles. The summed E-state index contributed by atoms with van der Waals surface area (Å²) in [6.07, 6.45) is 0. The van der Waals surface area contributed by atoms with E-state index in [0.29, 0.717) is 39.2 Å². The van der Waals surface area contributed by atoms with Crippen molar-refractivity contribution in [2.75, 3.05) is 0 Å². The van der Waals surface area contributed by atoms with Gasteiger partial charge >= 0.3 is 0 Å². The van der Waals surface area contributed by atoms with Crippen LogP contribution in [0.1, 0.15) is 16.4 Å². The molecule has 12 rings (SSSR count). The molecule has 0 saturated heterocycles. The molecule has 0 unspecified atom stereocenters. The number of furan rings is 1. The Labute approximate surface area is 362 Å². The number of rotatable bonds is 6. The predicted molar refractivity (Wildman–Crippen MR) is 246 cm³/mol. The van der Waals surface area contributed by atoms with Crippen LogP contribution in [0, 0.1) is 0 Å². The highest BCUT2D eigenvalue weighted by molar-refractivity contribution is 6.11. The predicted octanol–water partition coefficient (Wildman–Crippen LogP) is 14.4. The number of hydrogen-bond donors (Lipinski definition) is 0. The Kier molecular flexibility index (Phi) is 5.49. The summed E-state index contributed by atoms with van der Waals surface area (Å²) in [5.74, 6) is 0.712. The van der Waals surface area contributed by atoms with Crippen molar-refractivity contribution in [3.8, 4) is 62.1 Å². The van der Waals surface area contributed by atoms with E-state index in [1.807, 2.05) is 121 Å². The molecule has 280 valence electrons. The first kappa shape index (κ1) is 23.9. The lowest BCUT2D eigenvalue weighted by atomic mass is 9.95. The van der Waals surface area contributed by atoms with Gasteiger partial charge < -0.3 is 8.98 Å². The first-order chi connectivity index (χ1) is 34.7. The minimum absolute atomic E-state index is 0.137. The first-order valence-electron chi connectivity index (χ1n) is 25.2. The lowest BCUT2D eigenvalue weighted by Gasteiger charge is -2.18. The quantitative estimate of drug-likeness (QED) is 0.169. The zero-order valence-corrected chi connectivity index (χ0v) is 31.4. The summed E-state index contributed by atoms with van der Waals surface area (Å²) in [5.41, 5.74) is 3.20. The Hall–Kier alpha value is -8.15. The van der Waals surface area contributed by atoms with Crippen LogP contribution in [0.25, 0.3) is 117 Å². The molecule has 9 aromatic carbocycles. The average molecular weight is 779 g/mol. The Morgan fingerprint density at radius 1 is 0.417 bits per heavy atom. The second-order valence-electron chi connectivity index (χ2n) is 14.3. The molecule has 0 radical (unpaired) electrons. The van der Waals surface area contributed by atoms with Gasteiger partial charge in [0.2, 0.25) is 0 Å². The largest absolute Gasteiger partial charge is 0.456 e. The van der Waals surface area contributed by atoms with Crippen molar-refractivity contribution >= 4 is 54.5 Å². The van der Waals surface area contributed by atoms with Gasteiger partial charge in [-0.2, -0.15) is 0 Å². The highest BCUT2D eigenvalue weighted by Crippen LogP contribution is 2.42. The monoisotopic (exact) mass is 778 g/mol. The van der Waals surface area contributed by atoms with E-state index >= 15 is 0 Å². The second-order valence-corrected chi connectivity index (χ2v) is 14.3. The lowest BCUT2D eigenvalue weighted by molar-refractivity contribution is 0.669. The van der Waals surface area contributed by atoms with Crippen LogP contribution in [-0.4, -0.2) is 19.5 Å². The zero-order chi connectivity index (χ0) is 50.0. The fourth-order valence-corrected chi connectivity index (χ4v) is 8.01. The van der Waals surface area contributed by atoms with Gasteiger partial charge in [-0.1, -0.05) is 158 Å². The number of fused-ring (bicyclic) bond motifs is 7. The van der Waals surface area contributed by atoms with E-state index in [9.17, 15) is 6.85 Å². The Bertz CT molecular complexity index is 4300. The lowest BCUT2D eigenvalue weighted by Crippen LogP contribution is -2.05. The standard InChI is InChI=1S/C55H34N4O/c1-3-14-35(15-4-1)39-29-31-48-46(33-39)43-20-9-11-23-47(43)59(48)49-24-13-22-42(40-27-26-36-16-7-8-19-38(36)32-40)52(49)55-57-53(37-17-5-2-6-18-37)56-54(58-55)41-28-30-45-44-21-10-12-25-50(44)60-51(45)34-41/h1-34H/i1D,3D,4D,9D,11D,14D,15D,20D,23D,29D,31D,33D. The third kappa shape index (κ3) is 5.59. The summed E-state index contributed by atoms with van der Waals surface area (Å²) in [5, 5.41) is 3.37. The number of aromatic nitrogens is 4. The van der Waals surface area contributed by atoms with Crippen LogP contribution >= 0.6 is 0 Å². The van der Waals surface area contributed by atoms with Gasteiger partial charge in [0.25, 0.3) is 0 Å². The van der Waals surface area contributed by atoms with E-state index in [1.165, 1.54) is 4.57 Å². The number of nitrogens with zero attached hydrogens (tertiary/aromatic N) is 4. The summed E-state index contributed by atoms with van der Waals surface area (Å²) in [6.45, 7) is 0. The molecule has 0 saturated carbocycles. The molecular weight excluding hydrogens is 733 g/mol. The van der Waals surface area contributed by atoms with Gasteiger partial charge in [0.1, 0.15) is 11.2 Å². The smallest absolute Gasteiger partial charge is 0.166 e. The molecule has 0 fully saturated rings. The minimum Gasteiger partial charge on any atom is -0.456 e. The summed E-state index contributed by atoms with van der Waals surface area (Å²) in [7, 11) is 0. The third-order valence-electron chi connectivity index (χ3n) is 10.8. The highest BCUT2D eigenvalue weighted by atomic mass is 16.3. The molecule has 0 spiro atoms. The second kappa shape index (κ2) is 13.8. The van der Waals surface area contributed by atoms with Crippen molar-refractivity contribution in [1.82, 2.24) is 19.5 Å². The fourth-order valence-electron chi connectivity index (χ4n) is 8.01. The topological polar surface area (TPSA) is 56.7 Å². The molecule has 0 atom stereocenters. The van der Waals surface area contributed by atoms with Crippen LogP contribution in [-0.2, 0) is 0 Å². The Morgan fingerprint density at radius 2 is 1.13 bits per heavy atom. The van der Waals surface area contributed by atoms with Gasteiger partial charge in [-0.05, 0) is 81.5 Å². The average Bonchev–Trinajstić information content (AvgIpc) is 3.97. The molecule has 3 aromatic heterocycles. The van der Waals surface area contributed by atoms with Crippen LogP contribution in [0.5, 0.6) is 0 Å². The molecule has 0 aliphatic rings. The summed E-state index contributed by atoms with van der Waals surface area (Å²) >= 11 is 0. The highest BCUT2D eigenvalue weighted by Gasteiger charge is 2.23. The van der Waals surface area contributed by atoms with Crippen LogP contribution in [0.3, 0.4) is 0 Å². The molecule has 3 heterocycles. The van der Waals surface area contributed by atoms with Crippen molar-refractivity contribution in [2.24, 2.45) is 0 Å². The van der Waals surface area contributed by atoms with Crippen molar-refractivity contribution in [1.29, 1.82) is 0 Å². The third-order valence-corrected chi connectivity index (χ3v) is 10.8. The number of hydrogen-bond acceptors (Lipinski definition) is 4. The Balaban J connectivity index is 1.24. The van der Waals surface area contributed by atoms with E-state index in [4.69, 9.17) is 29.0 Å². The normalized spacial score (nSPS) is 14.5. The maximum Gasteiger partial charge on any atom is 0.166 e. The van der Waals surface area contributed by atoms with Crippen molar-refractivity contribution in [3.05, 3.63) is 206 Å². The molecule has 0 N–H and O–H groups in total. The van der Waals surface area contributed by atoms with E-state index in [-0.39, 0.29) is 39.1 Å². The molecule has 0 bridgehead atoms. The number of para-hydroxylation sites is 2. The van der Waals surface area contributed by atoms with E-state index in [2.05, 4.69) is 0 Å². The maximum atomic E-state index is 9.82. The minimum atomic E-state index is -0.708. The molecule has 0 amide bonds. The molecular formula is C55H34N4O.